The summed E-state index contributed by atoms with van der Waals surface area (Å²) < 4.78 is 29.3. The van der Waals surface area contributed by atoms with Gasteiger partial charge in [-0.2, -0.15) is 5.10 Å². The van der Waals surface area contributed by atoms with Crippen LogP contribution < -0.4 is 9.64 Å². The number of aromatic nitrogens is 2. The second-order valence-corrected chi connectivity index (χ2v) is 13.3. The van der Waals surface area contributed by atoms with Crippen molar-refractivity contribution in [2.24, 2.45) is 7.05 Å². The predicted octanol–water partition coefficient (Wildman–Crippen LogP) is 7.41. The third kappa shape index (κ3) is 5.15. The van der Waals surface area contributed by atoms with E-state index in [0.717, 1.165) is 40.9 Å². The van der Waals surface area contributed by atoms with Crippen LogP contribution in [0.25, 0.3) is 33.2 Å². The fourth-order valence-corrected chi connectivity index (χ4v) is 7.87. The molecule has 8 rings (SSSR count). The summed E-state index contributed by atoms with van der Waals surface area (Å²) in [5, 5.41) is 15.8. The number of carbonyl (C=O) groups is 2. The number of anilines is 1. The van der Waals surface area contributed by atoms with E-state index in [1.165, 1.54) is 4.90 Å². The van der Waals surface area contributed by atoms with Crippen molar-refractivity contribution in [3.8, 4) is 28.0 Å². The first-order chi connectivity index (χ1) is 23.2. The normalized spacial score (nSPS) is 18.6. The van der Waals surface area contributed by atoms with Crippen molar-refractivity contribution in [1.29, 1.82) is 0 Å². The lowest BCUT2D eigenvalue weighted by Crippen LogP contribution is -2.46. The summed E-state index contributed by atoms with van der Waals surface area (Å²) in [5.74, 6) is -1.84. The van der Waals surface area contributed by atoms with Crippen LogP contribution in [0.15, 0.2) is 66.9 Å². The number of hydrogen-bond donors (Lipinski definition) is 1. The van der Waals surface area contributed by atoms with Crippen molar-refractivity contribution in [3.05, 3.63) is 99.4 Å². The zero-order chi connectivity index (χ0) is 33.3. The molecule has 4 heterocycles. The molecule has 0 aliphatic carbocycles. The smallest absolute Gasteiger partial charge is 0.337 e. The van der Waals surface area contributed by atoms with Crippen LogP contribution in [0, 0.1) is 5.82 Å². The van der Waals surface area contributed by atoms with Crippen LogP contribution in [-0.2, 0) is 18.3 Å². The van der Waals surface area contributed by atoms with Crippen molar-refractivity contribution in [2.45, 2.75) is 31.5 Å². The molecule has 4 aromatic carbocycles. The van der Waals surface area contributed by atoms with Gasteiger partial charge in [0.25, 0.3) is 5.91 Å². The number of carbonyl (C=O) groups excluding carboxylic acids is 1. The summed E-state index contributed by atoms with van der Waals surface area (Å²) in [5.41, 5.74) is 4.41. The lowest BCUT2D eigenvalue weighted by molar-refractivity contribution is 0.0516. The number of aryl methyl sites for hydroxylation is 1. The van der Waals surface area contributed by atoms with Crippen LogP contribution in [0.5, 0.6) is 5.75 Å². The quantitative estimate of drug-likeness (QED) is 0.206. The molecule has 5 aromatic rings. The van der Waals surface area contributed by atoms with Gasteiger partial charge in [-0.25, -0.2) is 9.18 Å². The molecular weight excluding hydrogens is 658 g/mol. The third-order valence-electron chi connectivity index (χ3n) is 9.44. The Morgan fingerprint density at radius 2 is 1.71 bits per heavy atom. The van der Waals surface area contributed by atoms with Gasteiger partial charge in [0.2, 0.25) is 0 Å². The lowest BCUT2D eigenvalue weighted by atomic mass is 9.96. The van der Waals surface area contributed by atoms with Crippen molar-refractivity contribution in [3.63, 3.8) is 0 Å². The maximum atomic E-state index is 15.7. The highest BCUT2D eigenvalue weighted by Gasteiger charge is 2.40. The van der Waals surface area contributed by atoms with Crippen molar-refractivity contribution in [1.82, 2.24) is 14.7 Å². The zero-order valence-electron chi connectivity index (χ0n) is 25.8. The van der Waals surface area contributed by atoms with Crippen LogP contribution in [0.1, 0.15) is 39.1 Å². The van der Waals surface area contributed by atoms with Gasteiger partial charge in [-0.05, 0) is 60.4 Å². The lowest BCUT2D eigenvalue weighted by Gasteiger charge is -2.37. The molecule has 1 amide bonds. The van der Waals surface area contributed by atoms with E-state index in [4.69, 9.17) is 32.7 Å². The van der Waals surface area contributed by atoms with Crippen LogP contribution in [0.3, 0.4) is 0 Å². The number of ether oxygens (including phenoxy) is 2. The molecule has 2 saturated heterocycles. The van der Waals surface area contributed by atoms with E-state index >= 15 is 4.39 Å². The number of rotatable bonds is 5. The van der Waals surface area contributed by atoms with E-state index in [2.05, 4.69) is 10.00 Å². The molecule has 2 unspecified atom stereocenters. The van der Waals surface area contributed by atoms with Gasteiger partial charge >= 0.3 is 5.97 Å². The number of nitrogens with zero attached hydrogens (tertiary/aromatic N) is 4. The van der Waals surface area contributed by atoms with Gasteiger partial charge in [0.05, 0.1) is 64.2 Å². The van der Waals surface area contributed by atoms with Gasteiger partial charge in [0.15, 0.2) is 6.73 Å². The number of amides is 1. The second kappa shape index (κ2) is 11.8. The predicted molar refractivity (Wildman–Crippen MR) is 180 cm³/mol. The highest BCUT2D eigenvalue weighted by molar-refractivity contribution is 6.40. The molecule has 48 heavy (non-hydrogen) atoms. The van der Waals surface area contributed by atoms with E-state index in [-0.39, 0.29) is 52.1 Å². The Morgan fingerprint density at radius 1 is 0.958 bits per heavy atom. The molecule has 12 heteroatoms. The van der Waals surface area contributed by atoms with E-state index in [0.29, 0.717) is 35.8 Å². The summed E-state index contributed by atoms with van der Waals surface area (Å²) in [4.78, 5) is 29.6. The molecule has 244 valence electrons. The van der Waals surface area contributed by atoms with Crippen LogP contribution in [0.2, 0.25) is 10.0 Å². The minimum absolute atomic E-state index is 0.0262. The molecule has 2 bridgehead atoms. The van der Waals surface area contributed by atoms with Gasteiger partial charge < -0.3 is 24.4 Å². The molecular formula is C36H29Cl2FN4O5. The number of halogens is 3. The number of benzene rings is 4. The number of aromatic carboxylic acids is 1. The SMILES string of the molecule is Cn1cc2cc(-c3cc(Cl)c(C(=O)N4COc5c(cccc5-c5cc(N6C7CCC6COC7)c(C(=O)O)cc5F)C4)c(Cl)c3)ccc2n1. The molecule has 0 radical (unpaired) electrons. The number of morpholine rings is 1. The molecule has 3 aliphatic rings. The number of para-hydroxylation sites is 1. The monoisotopic (exact) mass is 686 g/mol. The number of fused-ring (bicyclic) bond motifs is 4. The highest BCUT2D eigenvalue weighted by atomic mass is 35.5. The van der Waals surface area contributed by atoms with Crippen LogP contribution in [-0.4, -0.2) is 63.7 Å². The molecule has 0 saturated carbocycles. The molecule has 3 aliphatic heterocycles. The average Bonchev–Trinajstić information content (AvgIpc) is 3.56. The number of carboxylic acids is 1. The first-order valence-corrected chi connectivity index (χ1v) is 16.3. The average molecular weight is 688 g/mol. The standard InChI is InChI=1S/C36H29Cl2FN4O5/c1-41-14-22-9-19(5-8-31(22)40-41)21-10-28(37)33(29(38)11-21)35(44)42-15-20-3-2-4-25(34(20)48-18-42)26-13-32(27(36(45)46)12-30(26)39)43-23-6-7-24(43)17-47-16-23/h2-5,8-14,23-24H,6-7,15-18H2,1H3,(H,45,46). The summed E-state index contributed by atoms with van der Waals surface area (Å²) in [6, 6.07) is 17.3. The number of carboxylic acid groups (broad SMARTS) is 1. The third-order valence-corrected chi connectivity index (χ3v) is 10.0. The molecule has 2 atom stereocenters. The highest BCUT2D eigenvalue weighted by Crippen LogP contribution is 2.43. The maximum Gasteiger partial charge on any atom is 0.337 e. The summed E-state index contributed by atoms with van der Waals surface area (Å²) in [6.07, 6.45) is 3.68. The van der Waals surface area contributed by atoms with Gasteiger partial charge in [-0.1, -0.05) is 47.5 Å². The minimum Gasteiger partial charge on any atom is -0.478 e. The van der Waals surface area contributed by atoms with Crippen LogP contribution in [0.4, 0.5) is 10.1 Å². The Labute approximate surface area is 285 Å². The fraction of sp³-hybridized carbons (Fsp3) is 0.250. The molecule has 2 fully saturated rings. The first kappa shape index (κ1) is 30.7. The van der Waals surface area contributed by atoms with E-state index in [9.17, 15) is 14.7 Å². The van der Waals surface area contributed by atoms with Crippen molar-refractivity contribution >= 4 is 51.7 Å². The van der Waals surface area contributed by atoms with E-state index in [1.54, 1.807) is 35.0 Å². The van der Waals surface area contributed by atoms with Crippen molar-refractivity contribution in [2.75, 3.05) is 24.8 Å². The van der Waals surface area contributed by atoms with Gasteiger partial charge in [0, 0.05) is 35.3 Å². The maximum absolute atomic E-state index is 15.7. The van der Waals surface area contributed by atoms with Crippen LogP contribution >= 0.6 is 23.2 Å². The summed E-state index contributed by atoms with van der Waals surface area (Å²) in [6.45, 7) is 1.04. The van der Waals surface area contributed by atoms with E-state index < -0.39 is 17.7 Å². The van der Waals surface area contributed by atoms with Gasteiger partial charge in [-0.15, -0.1) is 0 Å². The van der Waals surface area contributed by atoms with E-state index in [1.807, 2.05) is 37.5 Å². The fourth-order valence-electron chi connectivity index (χ4n) is 7.22. The Balaban J connectivity index is 1.09. The minimum atomic E-state index is -1.19. The largest absolute Gasteiger partial charge is 0.478 e. The molecule has 1 N–H and O–H groups in total. The topological polar surface area (TPSA) is 97.1 Å². The first-order valence-electron chi connectivity index (χ1n) is 15.6. The van der Waals surface area contributed by atoms with Gasteiger partial charge in [0.1, 0.15) is 11.6 Å². The second-order valence-electron chi connectivity index (χ2n) is 12.4. The summed E-state index contributed by atoms with van der Waals surface area (Å²) >= 11 is 13.4. The Morgan fingerprint density at radius 3 is 2.44 bits per heavy atom. The Hall–Kier alpha value is -4.64. The Kier molecular flexibility index (Phi) is 7.54. The Bertz CT molecular complexity index is 2110. The number of hydrogen-bond acceptors (Lipinski definition) is 6. The molecule has 1 aromatic heterocycles. The molecule has 0 spiro atoms. The van der Waals surface area contributed by atoms with Crippen molar-refractivity contribution < 1.29 is 28.6 Å². The zero-order valence-corrected chi connectivity index (χ0v) is 27.3. The van der Waals surface area contributed by atoms with Gasteiger partial charge in [-0.3, -0.25) is 9.48 Å². The molecule has 9 nitrogen and oxygen atoms in total. The summed E-state index contributed by atoms with van der Waals surface area (Å²) in [7, 11) is 1.86.